The maximum absolute atomic E-state index is 12.3. The van der Waals surface area contributed by atoms with Crippen molar-refractivity contribution in [3.63, 3.8) is 0 Å². The first kappa shape index (κ1) is 16.3. The largest absolute Gasteiger partial charge is 0.350 e. The Labute approximate surface area is 145 Å². The fourth-order valence-corrected chi connectivity index (χ4v) is 4.25. The SMILES string of the molecule is CN(CC(=O)NC1CC2CCC1N2C#N)Cc1cccc(Br)c1. The Hall–Kier alpha value is -1.58. The summed E-state index contributed by atoms with van der Waals surface area (Å²) in [5, 5.41) is 12.3. The van der Waals surface area contributed by atoms with Gasteiger partial charge < -0.3 is 10.2 Å². The Balaban J connectivity index is 1.49. The van der Waals surface area contributed by atoms with Gasteiger partial charge in [-0.2, -0.15) is 5.26 Å². The molecule has 2 saturated heterocycles. The van der Waals surface area contributed by atoms with Gasteiger partial charge >= 0.3 is 0 Å². The Morgan fingerprint density at radius 2 is 2.35 bits per heavy atom. The van der Waals surface area contributed by atoms with Crippen LogP contribution in [0.2, 0.25) is 0 Å². The predicted octanol–water partition coefficient (Wildman–Crippen LogP) is 2.08. The predicted molar refractivity (Wildman–Crippen MR) is 91.3 cm³/mol. The van der Waals surface area contributed by atoms with Gasteiger partial charge in [0.15, 0.2) is 6.19 Å². The number of rotatable bonds is 5. The molecule has 23 heavy (non-hydrogen) atoms. The molecule has 0 radical (unpaired) electrons. The van der Waals surface area contributed by atoms with Gasteiger partial charge in [0.25, 0.3) is 0 Å². The highest BCUT2D eigenvalue weighted by molar-refractivity contribution is 9.10. The third-order valence-corrected chi connectivity index (χ3v) is 5.25. The van der Waals surface area contributed by atoms with Crippen LogP contribution in [0.4, 0.5) is 0 Å². The van der Waals surface area contributed by atoms with E-state index in [1.807, 2.05) is 29.0 Å². The van der Waals surface area contributed by atoms with Crippen LogP contribution in [0.1, 0.15) is 24.8 Å². The number of likely N-dealkylation sites (N-methyl/N-ethyl adjacent to an activating group) is 1. The van der Waals surface area contributed by atoms with Gasteiger partial charge in [0.1, 0.15) is 0 Å². The molecule has 1 N–H and O–H groups in total. The monoisotopic (exact) mass is 376 g/mol. The second kappa shape index (κ2) is 6.90. The van der Waals surface area contributed by atoms with E-state index in [4.69, 9.17) is 0 Å². The summed E-state index contributed by atoms with van der Waals surface area (Å²) in [5.41, 5.74) is 1.17. The highest BCUT2D eigenvalue weighted by Gasteiger charge is 2.46. The second-order valence-corrected chi connectivity index (χ2v) is 7.43. The molecule has 2 fully saturated rings. The number of hydrogen-bond acceptors (Lipinski definition) is 4. The van der Waals surface area contributed by atoms with Crippen molar-refractivity contribution in [2.24, 2.45) is 0 Å². The zero-order valence-corrected chi connectivity index (χ0v) is 14.8. The van der Waals surface area contributed by atoms with Crippen molar-refractivity contribution < 1.29 is 4.79 Å². The van der Waals surface area contributed by atoms with Crippen LogP contribution in [-0.4, -0.2) is 47.4 Å². The van der Waals surface area contributed by atoms with Gasteiger partial charge in [-0.1, -0.05) is 28.1 Å². The number of halogens is 1. The van der Waals surface area contributed by atoms with Crippen LogP contribution in [0.25, 0.3) is 0 Å². The van der Waals surface area contributed by atoms with Crippen molar-refractivity contribution in [2.75, 3.05) is 13.6 Å². The van der Waals surface area contributed by atoms with Crippen LogP contribution >= 0.6 is 15.9 Å². The quantitative estimate of drug-likeness (QED) is 0.799. The van der Waals surface area contributed by atoms with Gasteiger partial charge in [-0.15, -0.1) is 0 Å². The summed E-state index contributed by atoms with van der Waals surface area (Å²) in [5.74, 6) is 0.0398. The maximum Gasteiger partial charge on any atom is 0.234 e. The molecule has 3 unspecified atom stereocenters. The molecule has 1 aromatic rings. The molecule has 0 spiro atoms. The summed E-state index contributed by atoms with van der Waals surface area (Å²) < 4.78 is 1.05. The smallest absolute Gasteiger partial charge is 0.234 e. The molecule has 6 heteroatoms. The molecule has 0 saturated carbocycles. The lowest BCUT2D eigenvalue weighted by Crippen LogP contribution is -2.46. The van der Waals surface area contributed by atoms with E-state index in [2.05, 4.69) is 39.6 Å². The van der Waals surface area contributed by atoms with Crippen molar-refractivity contribution in [2.45, 2.75) is 43.9 Å². The lowest BCUT2D eigenvalue weighted by Gasteiger charge is -2.23. The highest BCUT2D eigenvalue weighted by Crippen LogP contribution is 2.36. The number of nitrogens with zero attached hydrogens (tertiary/aromatic N) is 3. The summed E-state index contributed by atoms with van der Waals surface area (Å²) in [6.45, 7) is 1.10. The molecule has 5 nitrogen and oxygen atoms in total. The average Bonchev–Trinajstić information content (AvgIpc) is 3.03. The number of benzene rings is 1. The number of nitrogens with one attached hydrogen (secondary N) is 1. The number of hydrogen-bond donors (Lipinski definition) is 1. The molecular formula is C17H21BrN4O. The summed E-state index contributed by atoms with van der Waals surface area (Å²) in [7, 11) is 1.95. The van der Waals surface area contributed by atoms with Crippen molar-refractivity contribution in [3.8, 4) is 6.19 Å². The number of fused-ring (bicyclic) bond motifs is 2. The van der Waals surface area contributed by atoms with Gasteiger partial charge in [0.2, 0.25) is 5.91 Å². The zero-order chi connectivity index (χ0) is 16.4. The van der Waals surface area contributed by atoms with Gasteiger partial charge in [-0.25, -0.2) is 0 Å². The fourth-order valence-electron chi connectivity index (χ4n) is 3.80. The normalized spacial score (nSPS) is 25.7. The third kappa shape index (κ3) is 3.67. The standard InChI is InChI=1S/C17H21BrN4O/c1-21(9-12-3-2-4-13(18)7-12)10-17(23)20-15-8-14-5-6-16(15)22(14)11-19/h2-4,7,14-16H,5-6,8-10H2,1H3,(H,20,23). The Bertz CT molecular complexity index is 629. The van der Waals surface area contributed by atoms with Crippen molar-refractivity contribution in [1.82, 2.24) is 15.1 Å². The van der Waals surface area contributed by atoms with Crippen LogP contribution < -0.4 is 5.32 Å². The van der Waals surface area contributed by atoms with Crippen LogP contribution in [0.3, 0.4) is 0 Å². The highest BCUT2D eigenvalue weighted by atomic mass is 79.9. The molecular weight excluding hydrogens is 356 g/mol. The lowest BCUT2D eigenvalue weighted by molar-refractivity contribution is -0.122. The molecule has 1 aromatic carbocycles. The fraction of sp³-hybridized carbons (Fsp3) is 0.529. The minimum absolute atomic E-state index is 0.0398. The molecule has 3 rings (SSSR count). The number of amides is 1. The molecule has 0 aromatic heterocycles. The van der Waals surface area contributed by atoms with Gasteiger partial charge in [-0.3, -0.25) is 9.69 Å². The van der Waals surface area contributed by atoms with E-state index in [-0.39, 0.29) is 18.0 Å². The van der Waals surface area contributed by atoms with E-state index in [0.29, 0.717) is 12.6 Å². The van der Waals surface area contributed by atoms with E-state index in [1.54, 1.807) is 0 Å². The molecule has 3 atom stereocenters. The van der Waals surface area contributed by atoms with Crippen molar-refractivity contribution in [1.29, 1.82) is 5.26 Å². The molecule has 2 aliphatic rings. The summed E-state index contributed by atoms with van der Waals surface area (Å²) in [6.07, 6.45) is 5.26. The minimum atomic E-state index is 0.0398. The molecule has 2 aliphatic heterocycles. The molecule has 2 bridgehead atoms. The molecule has 0 aliphatic carbocycles. The third-order valence-electron chi connectivity index (χ3n) is 4.75. The first-order chi connectivity index (χ1) is 11.1. The number of carbonyl (C=O) groups excluding carboxylic acids is 1. The molecule has 2 heterocycles. The first-order valence-corrected chi connectivity index (χ1v) is 8.76. The van der Waals surface area contributed by atoms with E-state index in [0.717, 1.165) is 30.3 Å². The topological polar surface area (TPSA) is 59.4 Å². The summed E-state index contributed by atoms with van der Waals surface area (Å²) in [4.78, 5) is 16.2. The van der Waals surface area contributed by atoms with E-state index in [9.17, 15) is 10.1 Å². The number of nitriles is 1. The summed E-state index contributed by atoms with van der Waals surface area (Å²) >= 11 is 3.46. The maximum atomic E-state index is 12.3. The van der Waals surface area contributed by atoms with Crippen LogP contribution in [-0.2, 0) is 11.3 Å². The van der Waals surface area contributed by atoms with Crippen LogP contribution in [0, 0.1) is 11.5 Å². The lowest BCUT2D eigenvalue weighted by atomic mass is 9.95. The second-order valence-electron chi connectivity index (χ2n) is 6.52. The van der Waals surface area contributed by atoms with E-state index in [1.165, 1.54) is 5.56 Å². The number of carbonyl (C=O) groups is 1. The first-order valence-electron chi connectivity index (χ1n) is 7.97. The Morgan fingerprint density at radius 1 is 1.52 bits per heavy atom. The average molecular weight is 377 g/mol. The van der Waals surface area contributed by atoms with E-state index >= 15 is 0 Å². The minimum Gasteiger partial charge on any atom is -0.350 e. The molecule has 122 valence electrons. The Morgan fingerprint density at radius 3 is 3.04 bits per heavy atom. The van der Waals surface area contributed by atoms with Crippen molar-refractivity contribution in [3.05, 3.63) is 34.3 Å². The zero-order valence-electron chi connectivity index (χ0n) is 13.2. The molecule has 1 amide bonds. The van der Waals surface area contributed by atoms with Gasteiger partial charge in [-0.05, 0) is 44.0 Å². The van der Waals surface area contributed by atoms with Crippen molar-refractivity contribution >= 4 is 21.8 Å². The summed E-state index contributed by atoms with van der Waals surface area (Å²) in [6, 6.07) is 8.76. The van der Waals surface area contributed by atoms with Gasteiger partial charge in [0, 0.05) is 17.1 Å². The van der Waals surface area contributed by atoms with Gasteiger partial charge in [0.05, 0.1) is 18.6 Å². The Kier molecular flexibility index (Phi) is 4.88. The van der Waals surface area contributed by atoms with Crippen LogP contribution in [0.15, 0.2) is 28.7 Å². The van der Waals surface area contributed by atoms with E-state index < -0.39 is 0 Å². The van der Waals surface area contributed by atoms with Crippen LogP contribution in [0.5, 0.6) is 0 Å².